The van der Waals surface area contributed by atoms with Crippen LogP contribution in [0.5, 0.6) is 0 Å². The van der Waals surface area contributed by atoms with E-state index in [1.165, 1.54) is 64.6 Å². The van der Waals surface area contributed by atoms with Crippen molar-refractivity contribution in [3.8, 4) is 0 Å². The SMILES string of the molecule is CCC1CCN(CC2CCC(CN)CC2)CC1. The van der Waals surface area contributed by atoms with Gasteiger partial charge in [-0.25, -0.2) is 0 Å². The molecule has 0 radical (unpaired) electrons. The van der Waals surface area contributed by atoms with Crippen molar-refractivity contribution in [3.63, 3.8) is 0 Å². The van der Waals surface area contributed by atoms with Crippen LogP contribution in [0.1, 0.15) is 51.9 Å². The molecule has 2 fully saturated rings. The molecule has 0 aromatic heterocycles. The highest BCUT2D eigenvalue weighted by Gasteiger charge is 2.24. The van der Waals surface area contributed by atoms with E-state index >= 15 is 0 Å². The summed E-state index contributed by atoms with van der Waals surface area (Å²) in [7, 11) is 0. The van der Waals surface area contributed by atoms with Gasteiger partial charge in [0.05, 0.1) is 0 Å². The first-order chi connectivity index (χ1) is 8.31. The topological polar surface area (TPSA) is 29.3 Å². The van der Waals surface area contributed by atoms with Gasteiger partial charge in [-0.15, -0.1) is 0 Å². The lowest BCUT2D eigenvalue weighted by molar-refractivity contribution is 0.136. The molecule has 2 N–H and O–H groups in total. The van der Waals surface area contributed by atoms with Gasteiger partial charge in [-0.05, 0) is 75.9 Å². The number of nitrogens with zero attached hydrogens (tertiary/aromatic N) is 1. The summed E-state index contributed by atoms with van der Waals surface area (Å²) in [6, 6.07) is 0. The van der Waals surface area contributed by atoms with Gasteiger partial charge in [-0.2, -0.15) is 0 Å². The molecule has 2 rings (SSSR count). The van der Waals surface area contributed by atoms with E-state index in [1.807, 2.05) is 0 Å². The Labute approximate surface area is 107 Å². The maximum atomic E-state index is 5.75. The van der Waals surface area contributed by atoms with Gasteiger partial charge < -0.3 is 10.6 Å². The molecule has 0 amide bonds. The van der Waals surface area contributed by atoms with E-state index in [0.717, 1.165) is 24.3 Å². The van der Waals surface area contributed by atoms with Crippen LogP contribution in [0.3, 0.4) is 0 Å². The zero-order chi connectivity index (χ0) is 12.1. The van der Waals surface area contributed by atoms with Gasteiger partial charge in [0.2, 0.25) is 0 Å². The Morgan fingerprint density at radius 3 is 2.00 bits per heavy atom. The third-order valence-corrected chi connectivity index (χ3v) is 5.10. The molecule has 1 aliphatic carbocycles. The van der Waals surface area contributed by atoms with E-state index in [1.54, 1.807) is 0 Å². The molecule has 0 aromatic carbocycles. The number of hydrogen-bond acceptors (Lipinski definition) is 2. The van der Waals surface area contributed by atoms with Gasteiger partial charge in [-0.1, -0.05) is 13.3 Å². The first kappa shape index (κ1) is 13.4. The molecule has 2 aliphatic rings. The lowest BCUT2D eigenvalue weighted by atomic mass is 9.81. The molecule has 2 heteroatoms. The second-order valence-electron chi connectivity index (χ2n) is 6.27. The summed E-state index contributed by atoms with van der Waals surface area (Å²) in [5.41, 5.74) is 5.75. The second-order valence-corrected chi connectivity index (χ2v) is 6.27. The number of likely N-dealkylation sites (tertiary alicyclic amines) is 1. The summed E-state index contributed by atoms with van der Waals surface area (Å²) in [6.45, 7) is 7.33. The fourth-order valence-electron chi connectivity index (χ4n) is 3.59. The van der Waals surface area contributed by atoms with E-state index in [4.69, 9.17) is 5.73 Å². The Kier molecular flexibility index (Phi) is 5.30. The fraction of sp³-hybridized carbons (Fsp3) is 1.00. The Morgan fingerprint density at radius 1 is 0.882 bits per heavy atom. The van der Waals surface area contributed by atoms with Crippen LogP contribution in [0.15, 0.2) is 0 Å². The first-order valence-corrected chi connectivity index (χ1v) is 7.74. The van der Waals surface area contributed by atoms with Crippen molar-refractivity contribution in [2.45, 2.75) is 51.9 Å². The van der Waals surface area contributed by atoms with Gasteiger partial charge in [0.15, 0.2) is 0 Å². The van der Waals surface area contributed by atoms with E-state index in [0.29, 0.717) is 0 Å². The molecule has 1 heterocycles. The third kappa shape index (κ3) is 3.96. The molecule has 1 saturated heterocycles. The Balaban J connectivity index is 1.65. The highest BCUT2D eigenvalue weighted by atomic mass is 15.1. The van der Waals surface area contributed by atoms with Crippen LogP contribution in [-0.2, 0) is 0 Å². The van der Waals surface area contributed by atoms with Crippen molar-refractivity contribution in [1.29, 1.82) is 0 Å². The molecule has 17 heavy (non-hydrogen) atoms. The molecule has 100 valence electrons. The maximum Gasteiger partial charge on any atom is 0.000966 e. The van der Waals surface area contributed by atoms with Crippen LogP contribution in [-0.4, -0.2) is 31.1 Å². The van der Waals surface area contributed by atoms with Crippen LogP contribution in [0.2, 0.25) is 0 Å². The Hall–Kier alpha value is -0.0800. The number of nitrogens with two attached hydrogens (primary N) is 1. The van der Waals surface area contributed by atoms with Gasteiger partial charge in [0, 0.05) is 6.54 Å². The highest BCUT2D eigenvalue weighted by Crippen LogP contribution is 2.30. The molecule has 0 spiro atoms. The number of rotatable bonds is 4. The molecule has 0 aromatic rings. The average molecular weight is 238 g/mol. The first-order valence-electron chi connectivity index (χ1n) is 7.74. The summed E-state index contributed by atoms with van der Waals surface area (Å²) in [4.78, 5) is 2.72. The molecule has 0 bridgehead atoms. The third-order valence-electron chi connectivity index (χ3n) is 5.10. The van der Waals surface area contributed by atoms with Crippen molar-refractivity contribution >= 4 is 0 Å². The lowest BCUT2D eigenvalue weighted by Gasteiger charge is -2.36. The lowest BCUT2D eigenvalue weighted by Crippen LogP contribution is -2.38. The molecule has 0 unspecified atom stereocenters. The number of hydrogen-bond donors (Lipinski definition) is 1. The van der Waals surface area contributed by atoms with Crippen molar-refractivity contribution < 1.29 is 0 Å². The van der Waals surface area contributed by atoms with Gasteiger partial charge in [0.25, 0.3) is 0 Å². The van der Waals surface area contributed by atoms with E-state index < -0.39 is 0 Å². The molecule has 2 nitrogen and oxygen atoms in total. The van der Waals surface area contributed by atoms with E-state index in [9.17, 15) is 0 Å². The van der Waals surface area contributed by atoms with Crippen molar-refractivity contribution in [1.82, 2.24) is 4.90 Å². The standard InChI is InChI=1S/C15H30N2/c1-2-13-7-9-17(10-8-13)12-15-5-3-14(11-16)4-6-15/h13-15H,2-12,16H2,1H3. The zero-order valence-electron chi connectivity index (χ0n) is 11.5. The van der Waals surface area contributed by atoms with Crippen LogP contribution in [0.25, 0.3) is 0 Å². The van der Waals surface area contributed by atoms with Crippen molar-refractivity contribution in [2.24, 2.45) is 23.5 Å². The van der Waals surface area contributed by atoms with Crippen LogP contribution < -0.4 is 5.73 Å². The summed E-state index contributed by atoms with van der Waals surface area (Å²) < 4.78 is 0. The van der Waals surface area contributed by atoms with Crippen molar-refractivity contribution in [3.05, 3.63) is 0 Å². The smallest absolute Gasteiger partial charge is 0.000966 e. The average Bonchev–Trinajstić information content (AvgIpc) is 2.40. The van der Waals surface area contributed by atoms with Gasteiger partial charge in [-0.3, -0.25) is 0 Å². The second kappa shape index (κ2) is 6.75. The van der Waals surface area contributed by atoms with E-state index in [-0.39, 0.29) is 0 Å². The van der Waals surface area contributed by atoms with Gasteiger partial charge in [0.1, 0.15) is 0 Å². The molecule has 1 saturated carbocycles. The number of piperidine rings is 1. The largest absolute Gasteiger partial charge is 0.330 e. The van der Waals surface area contributed by atoms with Crippen LogP contribution >= 0.6 is 0 Å². The minimum Gasteiger partial charge on any atom is -0.330 e. The fourth-order valence-corrected chi connectivity index (χ4v) is 3.59. The molecule has 1 aliphatic heterocycles. The molecule has 0 atom stereocenters. The predicted molar refractivity (Wildman–Crippen MR) is 74.0 cm³/mol. The normalized spacial score (nSPS) is 32.8. The van der Waals surface area contributed by atoms with Crippen LogP contribution in [0, 0.1) is 17.8 Å². The zero-order valence-corrected chi connectivity index (χ0v) is 11.5. The van der Waals surface area contributed by atoms with Crippen LogP contribution in [0.4, 0.5) is 0 Å². The quantitative estimate of drug-likeness (QED) is 0.816. The minimum absolute atomic E-state index is 0.831. The monoisotopic (exact) mass is 238 g/mol. The molecular weight excluding hydrogens is 208 g/mol. The molecular formula is C15H30N2. The van der Waals surface area contributed by atoms with Crippen molar-refractivity contribution in [2.75, 3.05) is 26.2 Å². The predicted octanol–water partition coefficient (Wildman–Crippen LogP) is 2.87. The van der Waals surface area contributed by atoms with Gasteiger partial charge >= 0.3 is 0 Å². The summed E-state index contributed by atoms with van der Waals surface area (Å²) in [5.74, 6) is 2.81. The summed E-state index contributed by atoms with van der Waals surface area (Å²) in [6.07, 6.45) is 9.88. The summed E-state index contributed by atoms with van der Waals surface area (Å²) >= 11 is 0. The Morgan fingerprint density at radius 2 is 1.47 bits per heavy atom. The maximum absolute atomic E-state index is 5.75. The Bertz CT molecular complexity index is 179. The summed E-state index contributed by atoms with van der Waals surface area (Å²) in [5, 5.41) is 0. The van der Waals surface area contributed by atoms with E-state index in [2.05, 4.69) is 11.8 Å². The minimum atomic E-state index is 0.831. The highest BCUT2D eigenvalue weighted by molar-refractivity contribution is 4.78.